The zero-order chi connectivity index (χ0) is 20.0. The van der Waals surface area contributed by atoms with Crippen molar-refractivity contribution in [2.45, 2.75) is 50.6 Å². The van der Waals surface area contributed by atoms with Crippen LogP contribution >= 0.6 is 0 Å². The second-order valence-corrected chi connectivity index (χ2v) is 8.24. The van der Waals surface area contributed by atoms with Gasteiger partial charge in [-0.1, -0.05) is 0 Å². The Morgan fingerprint density at radius 3 is 2.66 bits per heavy atom. The molecule has 2 saturated heterocycles. The summed E-state index contributed by atoms with van der Waals surface area (Å²) in [4.78, 5) is 11.8. The number of rotatable bonds is 5. The Balaban J connectivity index is 1.42. The number of nitrogens with zero attached hydrogens (tertiary/aromatic N) is 4. The van der Waals surface area contributed by atoms with Crippen molar-refractivity contribution in [3.05, 3.63) is 35.7 Å². The predicted octanol–water partition coefficient (Wildman–Crippen LogP) is 3.67. The van der Waals surface area contributed by atoms with E-state index in [0.717, 1.165) is 35.1 Å². The second kappa shape index (κ2) is 7.26. The quantitative estimate of drug-likeness (QED) is 0.610. The third kappa shape index (κ3) is 3.42. The fourth-order valence-corrected chi connectivity index (χ4v) is 5.05. The van der Waals surface area contributed by atoms with Crippen molar-refractivity contribution in [2.24, 2.45) is 0 Å². The monoisotopic (exact) mass is 395 g/mol. The zero-order valence-corrected chi connectivity index (χ0v) is 16.5. The van der Waals surface area contributed by atoms with Crippen LogP contribution in [-0.2, 0) is 0 Å². The van der Waals surface area contributed by atoms with Crippen molar-refractivity contribution in [2.75, 3.05) is 24.3 Å². The van der Waals surface area contributed by atoms with Crippen molar-refractivity contribution in [1.82, 2.24) is 25.1 Å². The Morgan fingerprint density at radius 1 is 1.17 bits per heavy atom. The Labute approximate surface area is 168 Å². The van der Waals surface area contributed by atoms with Gasteiger partial charge in [-0.05, 0) is 44.7 Å². The van der Waals surface area contributed by atoms with E-state index in [1.54, 1.807) is 0 Å². The molecule has 152 valence electrons. The first-order valence-corrected chi connectivity index (χ1v) is 10.3. The smallest absolute Gasteiger partial charge is 0.153 e. The van der Waals surface area contributed by atoms with Crippen molar-refractivity contribution < 1.29 is 4.39 Å². The Bertz CT molecular complexity index is 1020. The number of pyridine rings is 2. The van der Waals surface area contributed by atoms with E-state index in [2.05, 4.69) is 31.5 Å². The highest BCUT2D eigenvalue weighted by Crippen LogP contribution is 2.42. The number of aromatic amines is 1. The lowest BCUT2D eigenvalue weighted by Gasteiger charge is -2.38. The summed E-state index contributed by atoms with van der Waals surface area (Å²) in [6, 6.07) is 8.90. The number of hydrogen-bond donors (Lipinski definition) is 3. The molecular weight excluding hydrogens is 369 g/mol. The average molecular weight is 395 g/mol. The molecule has 3 aromatic heterocycles. The van der Waals surface area contributed by atoms with Gasteiger partial charge in [-0.25, -0.2) is 9.37 Å². The van der Waals surface area contributed by atoms with Gasteiger partial charge in [0.05, 0.1) is 5.52 Å². The van der Waals surface area contributed by atoms with Gasteiger partial charge in [0.15, 0.2) is 5.82 Å². The van der Waals surface area contributed by atoms with Crippen LogP contribution in [0.25, 0.3) is 10.9 Å². The summed E-state index contributed by atoms with van der Waals surface area (Å²) in [6.07, 6.45) is 4.44. The summed E-state index contributed by atoms with van der Waals surface area (Å²) >= 11 is 0. The second-order valence-electron chi connectivity index (χ2n) is 8.24. The number of nitrogen functional groups attached to an aromatic ring is 1. The minimum atomic E-state index is -0.260. The van der Waals surface area contributed by atoms with E-state index < -0.39 is 0 Å². The van der Waals surface area contributed by atoms with E-state index in [9.17, 15) is 4.39 Å². The molecular formula is C21H26FN7. The van der Waals surface area contributed by atoms with Crippen LogP contribution < -0.4 is 11.1 Å². The number of piperidine rings is 1. The summed E-state index contributed by atoms with van der Waals surface area (Å²) < 4.78 is 12.9. The van der Waals surface area contributed by atoms with E-state index in [4.69, 9.17) is 10.7 Å². The van der Waals surface area contributed by atoms with Crippen LogP contribution in [-0.4, -0.2) is 50.4 Å². The highest BCUT2D eigenvalue weighted by atomic mass is 19.1. The van der Waals surface area contributed by atoms with Crippen LogP contribution in [0.2, 0.25) is 0 Å². The van der Waals surface area contributed by atoms with Gasteiger partial charge in [-0.3, -0.25) is 15.0 Å². The lowest BCUT2D eigenvalue weighted by molar-refractivity contribution is 0.117. The summed E-state index contributed by atoms with van der Waals surface area (Å²) in [6.45, 7) is 2.25. The number of H-pyrrole nitrogens is 1. The zero-order valence-electron chi connectivity index (χ0n) is 16.5. The molecule has 3 aromatic rings. The number of nitrogens with one attached hydrogen (secondary N) is 2. The Morgan fingerprint density at radius 2 is 1.97 bits per heavy atom. The molecule has 0 saturated carbocycles. The number of halogens is 1. The molecule has 3 atom stereocenters. The molecule has 0 spiro atoms. The molecule has 1 unspecified atom stereocenters. The molecule has 4 N–H and O–H groups in total. The number of hydrogen-bond acceptors (Lipinski definition) is 6. The first kappa shape index (κ1) is 18.3. The maximum Gasteiger partial charge on any atom is 0.153 e. The van der Waals surface area contributed by atoms with Gasteiger partial charge in [0.25, 0.3) is 0 Å². The fourth-order valence-electron chi connectivity index (χ4n) is 5.05. The molecule has 2 aliphatic heterocycles. The summed E-state index contributed by atoms with van der Waals surface area (Å²) in [7, 11) is 0. The van der Waals surface area contributed by atoms with Crippen LogP contribution in [0, 0.1) is 6.92 Å². The standard InChI is InChI=1S/C21H26FN7/c1-12-8-20(28-27-12)25-19-11-18-16(21(23)26-19)4-5-17(24-18)13-9-14-2-3-15(10-13)29(14)7-6-22/h4-5,8,11,13-15H,2-3,6-7,9-10H2,1H3,(H4,23,25,26,27,28)/t13?,14-,15+. The summed E-state index contributed by atoms with van der Waals surface area (Å²) in [5.74, 6) is 2.19. The molecule has 0 amide bonds. The molecule has 7 nitrogen and oxygen atoms in total. The highest BCUT2D eigenvalue weighted by molar-refractivity contribution is 5.90. The topological polar surface area (TPSA) is 95.8 Å². The Hall–Kier alpha value is -2.74. The SMILES string of the molecule is Cc1cc(Nc2cc3nc(C4C[C@H]5CC[C@@H](C4)N5CCF)ccc3c(N)n2)n[nH]1. The van der Waals surface area contributed by atoms with Gasteiger partial charge in [-0.15, -0.1) is 0 Å². The molecule has 29 heavy (non-hydrogen) atoms. The van der Waals surface area contributed by atoms with Crippen molar-refractivity contribution in [3.63, 3.8) is 0 Å². The minimum absolute atomic E-state index is 0.260. The largest absolute Gasteiger partial charge is 0.383 e. The molecule has 5 rings (SSSR count). The number of aryl methyl sites for hydroxylation is 1. The van der Waals surface area contributed by atoms with Gasteiger partial charge in [-0.2, -0.15) is 5.10 Å². The molecule has 2 fully saturated rings. The summed E-state index contributed by atoms with van der Waals surface area (Å²) in [5, 5.41) is 11.1. The van der Waals surface area contributed by atoms with Crippen LogP contribution in [0.15, 0.2) is 24.3 Å². The van der Waals surface area contributed by atoms with Gasteiger partial charge in [0, 0.05) is 53.5 Å². The van der Waals surface area contributed by atoms with Gasteiger partial charge < -0.3 is 11.1 Å². The lowest BCUT2D eigenvalue weighted by atomic mass is 9.87. The molecule has 0 aliphatic carbocycles. The summed E-state index contributed by atoms with van der Waals surface area (Å²) in [5.41, 5.74) is 9.09. The molecule has 2 aliphatic rings. The van der Waals surface area contributed by atoms with Crippen molar-refractivity contribution in [1.29, 1.82) is 0 Å². The van der Waals surface area contributed by atoms with Crippen LogP contribution in [0.1, 0.15) is 43.0 Å². The maximum absolute atomic E-state index is 12.9. The third-order valence-electron chi connectivity index (χ3n) is 6.34. The van der Waals surface area contributed by atoms with Crippen LogP contribution in [0.3, 0.4) is 0 Å². The third-order valence-corrected chi connectivity index (χ3v) is 6.34. The van der Waals surface area contributed by atoms with E-state index in [1.807, 2.05) is 25.1 Å². The molecule has 8 heteroatoms. The number of anilines is 3. The van der Waals surface area contributed by atoms with Gasteiger partial charge in [0.2, 0.25) is 0 Å². The number of aromatic nitrogens is 4. The minimum Gasteiger partial charge on any atom is -0.383 e. The van der Waals surface area contributed by atoms with E-state index in [0.29, 0.717) is 42.0 Å². The molecule has 0 aromatic carbocycles. The normalized spacial score (nSPS) is 24.3. The van der Waals surface area contributed by atoms with Crippen LogP contribution in [0.5, 0.6) is 0 Å². The molecule has 5 heterocycles. The number of alkyl halides is 1. The first-order chi connectivity index (χ1) is 14.1. The van der Waals surface area contributed by atoms with Crippen LogP contribution in [0.4, 0.5) is 21.8 Å². The number of nitrogens with two attached hydrogens (primary N) is 1. The first-order valence-electron chi connectivity index (χ1n) is 10.3. The van der Waals surface area contributed by atoms with E-state index in [-0.39, 0.29) is 6.67 Å². The molecule has 0 radical (unpaired) electrons. The number of fused-ring (bicyclic) bond motifs is 3. The Kier molecular flexibility index (Phi) is 4.58. The maximum atomic E-state index is 12.9. The van der Waals surface area contributed by atoms with Gasteiger partial charge in [0.1, 0.15) is 18.3 Å². The van der Waals surface area contributed by atoms with E-state index in [1.165, 1.54) is 12.8 Å². The highest BCUT2D eigenvalue weighted by Gasteiger charge is 2.41. The van der Waals surface area contributed by atoms with Crippen molar-refractivity contribution in [3.8, 4) is 0 Å². The van der Waals surface area contributed by atoms with Gasteiger partial charge >= 0.3 is 0 Å². The molecule has 2 bridgehead atoms. The predicted molar refractivity (Wildman–Crippen MR) is 112 cm³/mol. The lowest BCUT2D eigenvalue weighted by Crippen LogP contribution is -2.43. The average Bonchev–Trinajstić information content (AvgIpc) is 3.20. The van der Waals surface area contributed by atoms with E-state index >= 15 is 0 Å². The fraction of sp³-hybridized carbons (Fsp3) is 0.476. The van der Waals surface area contributed by atoms with Crippen molar-refractivity contribution >= 4 is 28.4 Å².